The van der Waals surface area contributed by atoms with Gasteiger partial charge in [0.15, 0.2) is 11.5 Å². The smallest absolute Gasteiger partial charge is 0.566 e. The third-order valence-electron chi connectivity index (χ3n) is 1.37. The molecule has 6 heteroatoms. The number of phenols is 2. The maximum atomic E-state index is 8.98. The number of hydrogen-bond donors (Lipinski definition) is 3. The molecule has 0 saturated heterocycles. The van der Waals surface area contributed by atoms with E-state index >= 15 is 0 Å². The predicted octanol–water partition coefficient (Wildman–Crippen LogP) is -2.40. The van der Waals surface area contributed by atoms with Crippen LogP contribution in [0.15, 0.2) is 18.2 Å². The molecule has 0 spiro atoms. The average Bonchev–Trinajstić information content (AvgIpc) is 2.13. The maximum Gasteiger partial charge on any atom is 1.00 e. The fraction of sp³-hybridized carbons (Fsp3) is 0.111. The molecule has 0 aliphatic carbocycles. The molecule has 1 rings (SSSR count). The molecule has 15 heavy (non-hydrogen) atoms. The minimum absolute atomic E-state index is 0. The van der Waals surface area contributed by atoms with E-state index in [0.717, 1.165) is 12.2 Å². The zero-order valence-corrected chi connectivity index (χ0v) is 10.2. The second-order valence-corrected chi connectivity index (χ2v) is 2.29. The van der Waals surface area contributed by atoms with Gasteiger partial charge in [0.05, 0.1) is 0 Å². The van der Waals surface area contributed by atoms with Crippen LogP contribution in [-0.4, -0.2) is 21.5 Å². The summed E-state index contributed by atoms with van der Waals surface area (Å²) < 4.78 is 0. The molecule has 0 aliphatic heterocycles. The summed E-state index contributed by atoms with van der Waals surface area (Å²) in [5.41, 5.74) is 0.753. The van der Waals surface area contributed by atoms with Gasteiger partial charge in [-0.25, -0.2) is 6.61 Å². The monoisotopic (exact) mass is 220 g/mol. The first kappa shape index (κ1) is 16.6. The molecular weight excluding hydrogens is 211 g/mol. The first-order valence-corrected chi connectivity index (χ1v) is 3.61. The number of aliphatic hydroxyl groups excluding tert-OH is 1. The van der Waals surface area contributed by atoms with Crippen LogP contribution in [0.5, 0.6) is 11.5 Å². The standard InChI is InChI=1S/C8H9O3.CO2.Na/c9-4-3-6-1-2-7(10)8(11)5-6;2-1-3;/h1-2,4-5,9-11H,3H2;;/q-1;;+1. The number of hydrogen-bond acceptors (Lipinski definition) is 5. The van der Waals surface area contributed by atoms with Crippen molar-refractivity contribution in [3.8, 4) is 11.5 Å². The van der Waals surface area contributed by atoms with Crippen LogP contribution >= 0.6 is 0 Å². The summed E-state index contributed by atoms with van der Waals surface area (Å²) in [7, 11) is 0. The van der Waals surface area contributed by atoms with E-state index in [2.05, 4.69) is 0 Å². The molecule has 0 atom stereocenters. The van der Waals surface area contributed by atoms with Crippen molar-refractivity contribution in [2.75, 3.05) is 0 Å². The Kier molecular flexibility index (Phi) is 10.7. The molecule has 0 fully saturated rings. The second-order valence-electron chi connectivity index (χ2n) is 2.29. The van der Waals surface area contributed by atoms with Gasteiger partial charge in [-0.3, -0.25) is 0 Å². The van der Waals surface area contributed by atoms with Gasteiger partial charge in [-0.1, -0.05) is 11.6 Å². The molecule has 1 aromatic carbocycles. The number of carbonyl (C=O) groups excluding carboxylic acids is 2. The van der Waals surface area contributed by atoms with Crippen molar-refractivity contribution in [3.63, 3.8) is 0 Å². The van der Waals surface area contributed by atoms with Crippen molar-refractivity contribution in [2.45, 2.75) is 6.42 Å². The molecule has 76 valence electrons. The maximum absolute atomic E-state index is 8.98. The zero-order valence-electron chi connectivity index (χ0n) is 8.17. The van der Waals surface area contributed by atoms with Crippen molar-refractivity contribution >= 4 is 6.15 Å². The van der Waals surface area contributed by atoms with Crippen molar-refractivity contribution < 1.29 is 54.5 Å². The molecule has 0 saturated carbocycles. The number of aromatic hydroxyl groups is 2. The zero-order chi connectivity index (χ0) is 11.0. The quantitative estimate of drug-likeness (QED) is 0.293. The summed E-state index contributed by atoms with van der Waals surface area (Å²) in [6.45, 7) is 0.992. The third-order valence-corrected chi connectivity index (χ3v) is 1.37. The van der Waals surface area contributed by atoms with Crippen LogP contribution in [0.4, 0.5) is 0 Å². The molecule has 0 aliphatic rings. The first-order valence-electron chi connectivity index (χ1n) is 3.61. The number of aliphatic hydroxyl groups is 1. The molecule has 0 heterocycles. The van der Waals surface area contributed by atoms with Gasteiger partial charge in [0, 0.05) is 0 Å². The van der Waals surface area contributed by atoms with Crippen LogP contribution in [0.2, 0.25) is 0 Å². The minimum atomic E-state index is -0.163. The van der Waals surface area contributed by atoms with Gasteiger partial charge in [0.1, 0.15) is 0 Å². The van der Waals surface area contributed by atoms with E-state index in [4.69, 9.17) is 24.9 Å². The van der Waals surface area contributed by atoms with E-state index < -0.39 is 0 Å². The average molecular weight is 220 g/mol. The summed E-state index contributed by atoms with van der Waals surface area (Å²) in [6.07, 6.45) is 0.619. The summed E-state index contributed by atoms with van der Waals surface area (Å²) in [6, 6.07) is 4.41. The van der Waals surface area contributed by atoms with Crippen LogP contribution < -0.4 is 29.6 Å². The summed E-state index contributed by atoms with van der Waals surface area (Å²) in [5, 5.41) is 26.3. The van der Waals surface area contributed by atoms with Crippen molar-refractivity contribution in [2.24, 2.45) is 0 Å². The Morgan fingerprint density at radius 1 is 1.20 bits per heavy atom. The van der Waals surface area contributed by atoms with Crippen molar-refractivity contribution in [1.82, 2.24) is 0 Å². The summed E-state index contributed by atoms with van der Waals surface area (Å²) >= 11 is 0. The molecule has 5 nitrogen and oxygen atoms in total. The molecule has 0 radical (unpaired) electrons. The molecule has 3 N–H and O–H groups in total. The number of rotatable bonds is 2. The second kappa shape index (κ2) is 9.71. The molecule has 0 unspecified atom stereocenters. The van der Waals surface area contributed by atoms with Crippen molar-refractivity contribution in [3.05, 3.63) is 30.4 Å². The van der Waals surface area contributed by atoms with E-state index in [9.17, 15) is 0 Å². The number of phenolic OH excluding ortho intramolecular Hbond substituents is 2. The van der Waals surface area contributed by atoms with Crippen LogP contribution in [0.25, 0.3) is 0 Å². The van der Waals surface area contributed by atoms with E-state index in [-0.39, 0.29) is 47.2 Å². The summed E-state index contributed by atoms with van der Waals surface area (Å²) in [4.78, 5) is 16.2. The van der Waals surface area contributed by atoms with E-state index in [1.807, 2.05) is 0 Å². The van der Waals surface area contributed by atoms with Gasteiger partial charge in [-0.15, -0.1) is 6.42 Å². The normalized spacial score (nSPS) is 7.80. The first-order chi connectivity index (χ1) is 6.65. The molecule has 0 aromatic heterocycles. The van der Waals surface area contributed by atoms with Crippen LogP contribution in [0, 0.1) is 6.61 Å². The van der Waals surface area contributed by atoms with Gasteiger partial charge >= 0.3 is 35.7 Å². The topological polar surface area (TPSA) is 94.8 Å². The van der Waals surface area contributed by atoms with E-state index in [1.165, 1.54) is 12.1 Å². The Balaban J connectivity index is 0. The Labute approximate surface area is 109 Å². The molecular formula is C9H9NaO5. The molecule has 0 amide bonds. The predicted molar refractivity (Wildman–Crippen MR) is 44.7 cm³/mol. The minimum Gasteiger partial charge on any atom is -0.566 e. The molecule has 0 bridgehead atoms. The molecule has 1 aromatic rings. The van der Waals surface area contributed by atoms with E-state index in [1.54, 1.807) is 6.07 Å². The van der Waals surface area contributed by atoms with Crippen LogP contribution in [0.1, 0.15) is 5.56 Å². The largest absolute Gasteiger partial charge is 1.00 e. The van der Waals surface area contributed by atoms with Gasteiger partial charge in [0.25, 0.3) is 0 Å². The number of benzene rings is 1. The fourth-order valence-electron chi connectivity index (χ4n) is 0.801. The van der Waals surface area contributed by atoms with Gasteiger partial charge in [-0.05, 0) is 12.1 Å². The van der Waals surface area contributed by atoms with E-state index in [0.29, 0.717) is 6.42 Å². The SMILES string of the molecule is O=C=O.O[CH-]Cc1ccc(O)c(O)c1.[Na+]. The third kappa shape index (κ3) is 7.13. The van der Waals surface area contributed by atoms with Crippen LogP contribution in [0.3, 0.4) is 0 Å². The van der Waals surface area contributed by atoms with Crippen molar-refractivity contribution in [1.29, 1.82) is 0 Å². The Morgan fingerprint density at radius 2 is 1.73 bits per heavy atom. The van der Waals surface area contributed by atoms with Gasteiger partial charge < -0.3 is 15.3 Å². The Bertz CT molecular complexity index is 320. The van der Waals surface area contributed by atoms with Gasteiger partial charge in [0.2, 0.25) is 0 Å². The summed E-state index contributed by atoms with van der Waals surface area (Å²) in [5.74, 6) is -0.309. The Hall–Kier alpha value is -0.840. The Morgan fingerprint density at radius 3 is 2.13 bits per heavy atom. The fourth-order valence-corrected chi connectivity index (χ4v) is 0.801. The van der Waals surface area contributed by atoms with Crippen LogP contribution in [-0.2, 0) is 16.0 Å². The van der Waals surface area contributed by atoms with Gasteiger partial charge in [-0.2, -0.15) is 9.59 Å².